The summed E-state index contributed by atoms with van der Waals surface area (Å²) in [4.78, 5) is 9.72. The van der Waals surface area contributed by atoms with Gasteiger partial charge in [-0.2, -0.15) is 13.2 Å². The van der Waals surface area contributed by atoms with Crippen LogP contribution in [-0.4, -0.2) is 9.97 Å². The van der Waals surface area contributed by atoms with Crippen LogP contribution in [0.2, 0.25) is 0 Å². The first-order valence-corrected chi connectivity index (χ1v) is 8.37. The molecule has 0 saturated heterocycles. The molecule has 0 spiro atoms. The number of fused-ring (bicyclic) bond motifs is 1. The summed E-state index contributed by atoms with van der Waals surface area (Å²) >= 11 is 1.60. The first-order valence-electron chi connectivity index (χ1n) is 7.49. The van der Waals surface area contributed by atoms with Crippen LogP contribution in [0.4, 0.5) is 13.2 Å². The summed E-state index contributed by atoms with van der Waals surface area (Å²) in [5.41, 5.74) is 2.32. The molecule has 2 heterocycles. The third kappa shape index (κ3) is 2.89. The van der Waals surface area contributed by atoms with Gasteiger partial charge in [0.1, 0.15) is 6.33 Å². The summed E-state index contributed by atoms with van der Waals surface area (Å²) in [5, 5.41) is 2.82. The fourth-order valence-corrected chi connectivity index (χ4v) is 3.54. The van der Waals surface area contributed by atoms with Crippen molar-refractivity contribution in [3.05, 3.63) is 71.9 Å². The van der Waals surface area contributed by atoms with Gasteiger partial charge in [-0.25, -0.2) is 9.97 Å². The molecule has 0 aliphatic rings. The molecule has 0 atom stereocenters. The van der Waals surface area contributed by atoms with Crippen molar-refractivity contribution < 1.29 is 13.2 Å². The van der Waals surface area contributed by atoms with Crippen LogP contribution in [0.15, 0.2) is 66.3 Å². The average Bonchev–Trinajstić information content (AvgIpc) is 3.14. The Balaban J connectivity index is 1.93. The van der Waals surface area contributed by atoms with E-state index in [-0.39, 0.29) is 0 Å². The zero-order chi connectivity index (χ0) is 17.4. The van der Waals surface area contributed by atoms with Crippen molar-refractivity contribution in [2.75, 3.05) is 0 Å². The van der Waals surface area contributed by atoms with Crippen LogP contribution in [-0.2, 0) is 6.18 Å². The number of halogens is 3. The molecule has 0 radical (unpaired) electrons. The second kappa shape index (κ2) is 5.97. The zero-order valence-electron chi connectivity index (χ0n) is 12.8. The van der Waals surface area contributed by atoms with Gasteiger partial charge in [0, 0.05) is 21.4 Å². The smallest absolute Gasteiger partial charge is 0.236 e. The van der Waals surface area contributed by atoms with Gasteiger partial charge < -0.3 is 0 Å². The molecular formula is C19H11F3N2S. The highest BCUT2D eigenvalue weighted by atomic mass is 32.1. The average molecular weight is 356 g/mol. The second-order valence-corrected chi connectivity index (χ2v) is 6.42. The van der Waals surface area contributed by atoms with Crippen molar-refractivity contribution in [3.8, 4) is 21.7 Å². The van der Waals surface area contributed by atoms with Crippen LogP contribution in [0.3, 0.4) is 0 Å². The molecule has 2 aromatic carbocycles. The Morgan fingerprint density at radius 2 is 1.64 bits per heavy atom. The third-order valence-corrected chi connectivity index (χ3v) is 4.84. The van der Waals surface area contributed by atoms with Crippen molar-refractivity contribution in [1.29, 1.82) is 0 Å². The quantitative estimate of drug-likeness (QED) is 0.437. The number of alkyl halides is 3. The maximum absolute atomic E-state index is 12.8. The lowest BCUT2D eigenvalue weighted by atomic mass is 10.00. The zero-order valence-corrected chi connectivity index (χ0v) is 13.6. The highest BCUT2D eigenvalue weighted by molar-refractivity contribution is 7.13. The number of hydrogen-bond acceptors (Lipinski definition) is 3. The molecule has 25 heavy (non-hydrogen) atoms. The minimum Gasteiger partial charge on any atom is -0.236 e. The molecule has 4 aromatic rings. The monoisotopic (exact) mass is 356 g/mol. The molecule has 0 amide bonds. The van der Waals surface area contributed by atoms with Crippen molar-refractivity contribution in [2.45, 2.75) is 6.18 Å². The minimum absolute atomic E-state index is 0.628. The van der Waals surface area contributed by atoms with Crippen LogP contribution in [0.25, 0.3) is 32.6 Å². The van der Waals surface area contributed by atoms with E-state index in [2.05, 4.69) is 9.97 Å². The Kier molecular flexibility index (Phi) is 3.77. The van der Waals surface area contributed by atoms with Crippen LogP contribution < -0.4 is 0 Å². The fraction of sp³-hybridized carbons (Fsp3) is 0.0526. The van der Waals surface area contributed by atoms with E-state index in [1.807, 2.05) is 35.7 Å². The predicted octanol–water partition coefficient (Wildman–Crippen LogP) is 6.04. The lowest BCUT2D eigenvalue weighted by Gasteiger charge is -2.11. The minimum atomic E-state index is -4.35. The molecule has 0 saturated carbocycles. The molecule has 6 heteroatoms. The number of nitrogens with zero attached hydrogens (tertiary/aromatic N) is 2. The van der Waals surface area contributed by atoms with Gasteiger partial charge in [0.25, 0.3) is 0 Å². The van der Waals surface area contributed by atoms with Gasteiger partial charge in [-0.3, -0.25) is 0 Å². The van der Waals surface area contributed by atoms with Gasteiger partial charge in [0.2, 0.25) is 0 Å². The van der Waals surface area contributed by atoms with E-state index in [1.54, 1.807) is 11.3 Å². The van der Waals surface area contributed by atoms with E-state index in [0.717, 1.165) is 33.5 Å². The Hall–Kier alpha value is -2.73. The first kappa shape index (κ1) is 15.8. The summed E-state index contributed by atoms with van der Waals surface area (Å²) < 4.78 is 38.4. The normalized spacial score (nSPS) is 11.8. The fourth-order valence-electron chi connectivity index (χ4n) is 2.78. The SMILES string of the molecule is FC(F)(F)c1ccc(-c2ncnc3cccc(-c4cccs4)c23)cc1. The highest BCUT2D eigenvalue weighted by Gasteiger charge is 2.30. The highest BCUT2D eigenvalue weighted by Crippen LogP contribution is 2.37. The van der Waals surface area contributed by atoms with Crippen LogP contribution in [0.1, 0.15) is 5.56 Å². The lowest BCUT2D eigenvalue weighted by molar-refractivity contribution is -0.137. The molecule has 0 bridgehead atoms. The molecule has 0 aliphatic heterocycles. The molecular weight excluding hydrogens is 345 g/mol. The van der Waals surface area contributed by atoms with E-state index in [4.69, 9.17) is 0 Å². The predicted molar refractivity (Wildman–Crippen MR) is 93.3 cm³/mol. The van der Waals surface area contributed by atoms with Gasteiger partial charge in [-0.05, 0) is 29.6 Å². The number of benzene rings is 2. The van der Waals surface area contributed by atoms with Crippen molar-refractivity contribution >= 4 is 22.2 Å². The summed E-state index contributed by atoms with van der Waals surface area (Å²) in [5.74, 6) is 0. The van der Waals surface area contributed by atoms with E-state index < -0.39 is 11.7 Å². The molecule has 0 N–H and O–H groups in total. The van der Waals surface area contributed by atoms with Crippen molar-refractivity contribution in [3.63, 3.8) is 0 Å². The third-order valence-electron chi connectivity index (χ3n) is 3.94. The second-order valence-electron chi connectivity index (χ2n) is 5.47. The van der Waals surface area contributed by atoms with E-state index in [9.17, 15) is 13.2 Å². The summed E-state index contributed by atoms with van der Waals surface area (Å²) in [7, 11) is 0. The number of hydrogen-bond donors (Lipinski definition) is 0. The topological polar surface area (TPSA) is 25.8 Å². The van der Waals surface area contributed by atoms with E-state index >= 15 is 0 Å². The number of thiophene rings is 1. The largest absolute Gasteiger partial charge is 0.416 e. The van der Waals surface area contributed by atoms with Crippen LogP contribution in [0.5, 0.6) is 0 Å². The van der Waals surface area contributed by atoms with Gasteiger partial charge in [-0.15, -0.1) is 11.3 Å². The Bertz CT molecular complexity index is 1020. The summed E-state index contributed by atoms with van der Waals surface area (Å²) in [6.45, 7) is 0. The molecule has 0 unspecified atom stereocenters. The van der Waals surface area contributed by atoms with Gasteiger partial charge in [-0.1, -0.05) is 30.3 Å². The number of rotatable bonds is 2. The van der Waals surface area contributed by atoms with Crippen molar-refractivity contribution in [1.82, 2.24) is 9.97 Å². The van der Waals surface area contributed by atoms with E-state index in [0.29, 0.717) is 11.3 Å². The molecule has 2 nitrogen and oxygen atoms in total. The maximum atomic E-state index is 12.8. The Morgan fingerprint density at radius 1 is 0.840 bits per heavy atom. The lowest BCUT2D eigenvalue weighted by Crippen LogP contribution is -2.04. The summed E-state index contributed by atoms with van der Waals surface area (Å²) in [6.07, 6.45) is -2.91. The Morgan fingerprint density at radius 3 is 2.32 bits per heavy atom. The molecule has 4 rings (SSSR count). The van der Waals surface area contributed by atoms with Gasteiger partial charge in [0.05, 0.1) is 16.8 Å². The first-order chi connectivity index (χ1) is 12.0. The van der Waals surface area contributed by atoms with Gasteiger partial charge >= 0.3 is 6.18 Å². The van der Waals surface area contributed by atoms with Crippen LogP contribution in [0, 0.1) is 0 Å². The molecule has 0 fully saturated rings. The molecule has 2 aromatic heterocycles. The maximum Gasteiger partial charge on any atom is 0.416 e. The van der Waals surface area contributed by atoms with Gasteiger partial charge in [0.15, 0.2) is 0 Å². The Labute approximate surface area is 145 Å². The van der Waals surface area contributed by atoms with Crippen molar-refractivity contribution in [2.24, 2.45) is 0 Å². The van der Waals surface area contributed by atoms with Crippen LogP contribution >= 0.6 is 11.3 Å². The standard InChI is InChI=1S/C19H11F3N2S/c20-19(21,22)13-8-6-12(7-9-13)18-17-14(16-5-2-10-25-16)3-1-4-15(17)23-11-24-18/h1-11H. The molecule has 0 aliphatic carbocycles. The summed E-state index contributed by atoms with van der Waals surface area (Å²) in [6, 6.07) is 14.8. The number of aromatic nitrogens is 2. The molecule has 124 valence electrons. The van der Waals surface area contributed by atoms with E-state index in [1.165, 1.54) is 18.5 Å².